The molecule has 0 radical (unpaired) electrons. The second-order valence-electron chi connectivity index (χ2n) is 7.02. The van der Waals surface area contributed by atoms with E-state index in [1.54, 1.807) is 0 Å². The normalized spacial score (nSPS) is 11.9. The van der Waals surface area contributed by atoms with Crippen LogP contribution in [-0.2, 0) is 14.6 Å². The van der Waals surface area contributed by atoms with Crippen LogP contribution in [0.1, 0.15) is 6.42 Å². The molecule has 3 aromatic rings. The number of thiazole rings is 1. The Labute approximate surface area is 177 Å². The van der Waals surface area contributed by atoms with Gasteiger partial charge in [-0.1, -0.05) is 11.3 Å². The highest BCUT2D eigenvalue weighted by Gasteiger charge is 2.26. The van der Waals surface area contributed by atoms with Crippen LogP contribution in [-0.4, -0.2) is 57.1 Å². The van der Waals surface area contributed by atoms with E-state index in [1.807, 2.05) is 19.0 Å². The van der Waals surface area contributed by atoms with Gasteiger partial charge in [0.1, 0.15) is 17.4 Å². The summed E-state index contributed by atoms with van der Waals surface area (Å²) in [5.74, 6) is -2.39. The molecule has 0 spiro atoms. The Bertz CT molecular complexity index is 1150. The van der Waals surface area contributed by atoms with E-state index in [1.165, 1.54) is 23.1 Å². The molecule has 2 aromatic carbocycles. The Balaban J connectivity index is 1.88. The van der Waals surface area contributed by atoms with Gasteiger partial charge in [0.05, 0.1) is 15.1 Å². The third kappa shape index (κ3) is 5.38. The van der Waals surface area contributed by atoms with Crippen LogP contribution in [0, 0.1) is 11.6 Å². The third-order valence-corrected chi connectivity index (χ3v) is 7.00. The van der Waals surface area contributed by atoms with Crippen molar-refractivity contribution in [3.8, 4) is 0 Å². The first-order valence-electron chi connectivity index (χ1n) is 9.15. The molecule has 0 fully saturated rings. The highest BCUT2D eigenvalue weighted by Crippen LogP contribution is 2.30. The van der Waals surface area contributed by atoms with Crippen LogP contribution in [0.2, 0.25) is 0 Å². The van der Waals surface area contributed by atoms with Gasteiger partial charge >= 0.3 is 0 Å². The fourth-order valence-electron chi connectivity index (χ4n) is 2.84. The summed E-state index contributed by atoms with van der Waals surface area (Å²) in [7, 11) is -0.170. The lowest BCUT2D eigenvalue weighted by Crippen LogP contribution is -2.37. The number of nitrogens with zero attached hydrogens (tertiary/aromatic N) is 3. The average Bonchev–Trinajstić information content (AvgIpc) is 3.07. The number of hydrogen-bond donors (Lipinski definition) is 0. The van der Waals surface area contributed by atoms with Gasteiger partial charge in [-0.3, -0.25) is 9.69 Å². The van der Waals surface area contributed by atoms with E-state index in [2.05, 4.69) is 4.98 Å². The van der Waals surface area contributed by atoms with E-state index >= 15 is 0 Å². The van der Waals surface area contributed by atoms with Gasteiger partial charge in [-0.05, 0) is 69.5 Å². The minimum Gasteiger partial charge on any atom is -0.309 e. The maximum Gasteiger partial charge on any atom is 0.244 e. The Hall–Kier alpha value is -2.43. The topological polar surface area (TPSA) is 70.6 Å². The van der Waals surface area contributed by atoms with E-state index < -0.39 is 33.1 Å². The number of halogens is 2. The number of carbonyl (C=O) groups excluding carboxylic acids is 1. The van der Waals surface area contributed by atoms with Crippen molar-refractivity contribution in [3.05, 3.63) is 54.1 Å². The molecule has 1 amide bonds. The fourth-order valence-corrected chi connectivity index (χ4v) is 5.07. The Morgan fingerprint density at radius 3 is 2.37 bits per heavy atom. The quantitative estimate of drug-likeness (QED) is 0.490. The number of hydrogen-bond acceptors (Lipinski definition) is 6. The van der Waals surface area contributed by atoms with Gasteiger partial charge in [-0.2, -0.15) is 0 Å². The molecule has 0 aliphatic heterocycles. The minimum atomic E-state index is -3.96. The lowest BCUT2D eigenvalue weighted by Gasteiger charge is -2.21. The zero-order valence-corrected chi connectivity index (χ0v) is 18.1. The van der Waals surface area contributed by atoms with Crippen LogP contribution in [0.15, 0.2) is 47.4 Å². The zero-order valence-electron chi connectivity index (χ0n) is 16.5. The Morgan fingerprint density at radius 1 is 1.03 bits per heavy atom. The second kappa shape index (κ2) is 9.15. The Morgan fingerprint density at radius 2 is 1.70 bits per heavy atom. The van der Waals surface area contributed by atoms with E-state index in [0.717, 1.165) is 35.6 Å². The van der Waals surface area contributed by atoms with Gasteiger partial charge in [0.2, 0.25) is 5.91 Å². The lowest BCUT2D eigenvalue weighted by atomic mass is 10.3. The predicted molar refractivity (Wildman–Crippen MR) is 114 cm³/mol. The molecule has 1 aromatic heterocycles. The van der Waals surface area contributed by atoms with Crippen molar-refractivity contribution in [2.24, 2.45) is 0 Å². The van der Waals surface area contributed by atoms with Crippen LogP contribution >= 0.6 is 11.3 Å². The standard InChI is InChI=1S/C20H21F2N3O3S2/c1-24(2)10-3-11-25(20-23-17-9-6-15(22)12-18(17)29-20)19(26)13-30(27,28)16-7-4-14(21)5-8-16/h4-9,12H,3,10-11,13H2,1-2H3. The van der Waals surface area contributed by atoms with Crippen molar-refractivity contribution < 1.29 is 22.0 Å². The molecule has 0 aliphatic carbocycles. The molecule has 0 aliphatic rings. The molecule has 0 atom stereocenters. The molecular formula is C20H21F2N3O3S2. The van der Waals surface area contributed by atoms with E-state index in [0.29, 0.717) is 28.3 Å². The molecule has 0 unspecified atom stereocenters. The summed E-state index contributed by atoms with van der Waals surface area (Å²) in [6.07, 6.45) is 0.597. The van der Waals surface area contributed by atoms with Crippen LogP contribution < -0.4 is 4.90 Å². The Kier molecular flexibility index (Phi) is 6.79. The highest BCUT2D eigenvalue weighted by molar-refractivity contribution is 7.92. The maximum absolute atomic E-state index is 13.5. The average molecular weight is 454 g/mol. The van der Waals surface area contributed by atoms with Gasteiger partial charge in [0.15, 0.2) is 15.0 Å². The zero-order chi connectivity index (χ0) is 21.9. The van der Waals surface area contributed by atoms with Gasteiger partial charge in [-0.15, -0.1) is 0 Å². The summed E-state index contributed by atoms with van der Waals surface area (Å²) in [5.41, 5.74) is 0.531. The third-order valence-electron chi connectivity index (χ3n) is 4.34. The molecule has 10 heteroatoms. The SMILES string of the molecule is CN(C)CCCN(C(=O)CS(=O)(=O)c1ccc(F)cc1)c1nc2ccc(F)cc2s1. The number of sulfone groups is 1. The lowest BCUT2D eigenvalue weighted by molar-refractivity contribution is -0.116. The van der Waals surface area contributed by atoms with Crippen LogP contribution in [0.5, 0.6) is 0 Å². The molecular weight excluding hydrogens is 432 g/mol. The molecule has 0 saturated carbocycles. The van der Waals surface area contributed by atoms with Crippen LogP contribution in [0.3, 0.4) is 0 Å². The number of fused-ring (bicyclic) bond motifs is 1. The fraction of sp³-hybridized carbons (Fsp3) is 0.300. The number of aromatic nitrogens is 1. The van der Waals surface area contributed by atoms with Crippen molar-refractivity contribution in [2.45, 2.75) is 11.3 Å². The minimum absolute atomic E-state index is 0.128. The summed E-state index contributed by atoms with van der Waals surface area (Å²) in [6.45, 7) is 0.951. The monoisotopic (exact) mass is 453 g/mol. The van der Waals surface area contributed by atoms with Gasteiger partial charge in [0, 0.05) is 6.54 Å². The van der Waals surface area contributed by atoms with Crippen LogP contribution in [0.25, 0.3) is 10.2 Å². The number of benzene rings is 2. The molecule has 0 saturated heterocycles. The molecule has 3 rings (SSSR count). The van der Waals surface area contributed by atoms with Crippen LogP contribution in [0.4, 0.5) is 13.9 Å². The summed E-state index contributed by atoms with van der Waals surface area (Å²) in [4.78, 5) is 20.5. The number of carbonyl (C=O) groups is 1. The molecule has 0 bridgehead atoms. The summed E-state index contributed by atoms with van der Waals surface area (Å²) < 4.78 is 52.5. The largest absolute Gasteiger partial charge is 0.309 e. The summed E-state index contributed by atoms with van der Waals surface area (Å²) in [5, 5.41) is 0.314. The van der Waals surface area contributed by atoms with Crippen molar-refractivity contribution in [2.75, 3.05) is 37.8 Å². The summed E-state index contributed by atoms with van der Waals surface area (Å²) in [6, 6.07) is 8.46. The van der Waals surface area contributed by atoms with E-state index in [4.69, 9.17) is 0 Å². The van der Waals surface area contributed by atoms with Crippen molar-refractivity contribution in [1.29, 1.82) is 0 Å². The number of anilines is 1. The molecule has 6 nitrogen and oxygen atoms in total. The molecule has 160 valence electrons. The molecule has 1 heterocycles. The van der Waals surface area contributed by atoms with Crippen molar-refractivity contribution >= 4 is 42.4 Å². The predicted octanol–water partition coefficient (Wildman–Crippen LogP) is 3.33. The second-order valence-corrected chi connectivity index (χ2v) is 10.0. The van der Waals surface area contributed by atoms with E-state index in [-0.39, 0.29) is 11.4 Å². The number of amides is 1. The first-order valence-corrected chi connectivity index (χ1v) is 11.6. The summed E-state index contributed by atoms with van der Waals surface area (Å²) >= 11 is 1.13. The smallest absolute Gasteiger partial charge is 0.244 e. The molecule has 30 heavy (non-hydrogen) atoms. The molecule has 0 N–H and O–H groups in total. The highest BCUT2D eigenvalue weighted by atomic mass is 32.2. The van der Waals surface area contributed by atoms with Gasteiger partial charge < -0.3 is 4.90 Å². The maximum atomic E-state index is 13.5. The van der Waals surface area contributed by atoms with Crippen molar-refractivity contribution in [1.82, 2.24) is 9.88 Å². The first-order chi connectivity index (χ1) is 14.2. The van der Waals surface area contributed by atoms with Gasteiger partial charge in [0.25, 0.3) is 0 Å². The van der Waals surface area contributed by atoms with Crippen molar-refractivity contribution in [3.63, 3.8) is 0 Å². The number of rotatable bonds is 8. The van der Waals surface area contributed by atoms with E-state index in [9.17, 15) is 22.0 Å². The van der Waals surface area contributed by atoms with Gasteiger partial charge in [-0.25, -0.2) is 22.2 Å². The first kappa shape index (κ1) is 22.3.